The van der Waals surface area contributed by atoms with E-state index in [-0.39, 0.29) is 23.4 Å². The molecule has 1 aromatic carbocycles. The van der Waals surface area contributed by atoms with Crippen LogP contribution in [-0.2, 0) is 4.79 Å². The van der Waals surface area contributed by atoms with E-state index in [1.807, 2.05) is 6.92 Å². The molecule has 0 saturated heterocycles. The third kappa shape index (κ3) is 5.33. The normalized spacial score (nSPS) is 21.7. The van der Waals surface area contributed by atoms with Crippen LogP contribution in [-0.4, -0.2) is 43.3 Å². The summed E-state index contributed by atoms with van der Waals surface area (Å²) in [4.78, 5) is 24.4. The molecule has 1 fully saturated rings. The highest BCUT2D eigenvalue weighted by Gasteiger charge is 2.32. The number of nitrogens with two attached hydrogens (primary N) is 1. The van der Waals surface area contributed by atoms with Crippen LogP contribution in [0.5, 0.6) is 11.5 Å². The van der Waals surface area contributed by atoms with E-state index in [4.69, 9.17) is 15.2 Å². The Hall–Kier alpha value is -2.32. The van der Waals surface area contributed by atoms with E-state index in [0.29, 0.717) is 11.5 Å². The molecule has 2 amide bonds. The number of carbonyl (C=O) groups excluding carboxylic acids is 2. The number of rotatable bonds is 6. The van der Waals surface area contributed by atoms with Crippen molar-refractivity contribution in [2.24, 2.45) is 17.6 Å². The minimum atomic E-state index is -1.22. The molecule has 1 aliphatic carbocycles. The van der Waals surface area contributed by atoms with Crippen LogP contribution in [0.25, 0.3) is 0 Å². The molecule has 0 spiro atoms. The van der Waals surface area contributed by atoms with Crippen LogP contribution < -0.4 is 26.1 Å². The summed E-state index contributed by atoms with van der Waals surface area (Å²) in [7, 11) is 2.97. The highest BCUT2D eigenvalue weighted by atomic mass is 16.5. The van der Waals surface area contributed by atoms with Crippen molar-refractivity contribution in [2.45, 2.75) is 44.8 Å². The van der Waals surface area contributed by atoms with Crippen LogP contribution in [0.4, 0.5) is 0 Å². The maximum absolute atomic E-state index is 12.2. The van der Waals surface area contributed by atoms with Crippen molar-refractivity contribution in [1.29, 1.82) is 0 Å². The van der Waals surface area contributed by atoms with Gasteiger partial charge in [0.2, 0.25) is 0 Å². The molecule has 0 bridgehead atoms. The number of nitrogens with one attached hydrogen (secondary N) is 2. The van der Waals surface area contributed by atoms with Gasteiger partial charge in [0, 0.05) is 11.6 Å². The van der Waals surface area contributed by atoms with Crippen LogP contribution in [0.1, 0.15) is 43.0 Å². The van der Waals surface area contributed by atoms with E-state index in [1.165, 1.54) is 20.3 Å². The lowest BCUT2D eigenvalue weighted by Crippen LogP contribution is -2.49. The smallest absolute Gasteiger partial charge is 0.269 e. The molecule has 4 atom stereocenters. The number of amides is 2. The van der Waals surface area contributed by atoms with E-state index in [2.05, 4.69) is 10.9 Å². The molecule has 8 nitrogen and oxygen atoms in total. The van der Waals surface area contributed by atoms with Crippen LogP contribution in [0.15, 0.2) is 18.2 Å². The van der Waals surface area contributed by atoms with Crippen LogP contribution >= 0.6 is 0 Å². The van der Waals surface area contributed by atoms with Gasteiger partial charge in [0.15, 0.2) is 11.5 Å². The third-order valence-electron chi connectivity index (χ3n) is 5.21. The summed E-state index contributed by atoms with van der Waals surface area (Å²) >= 11 is 0. The molecule has 3 unspecified atom stereocenters. The predicted molar refractivity (Wildman–Crippen MR) is 100 cm³/mol. The molecule has 2 rings (SSSR count). The summed E-state index contributed by atoms with van der Waals surface area (Å²) in [5, 5.41) is 10.3. The van der Waals surface area contributed by atoms with Gasteiger partial charge >= 0.3 is 0 Å². The Morgan fingerprint density at radius 1 is 1.19 bits per heavy atom. The van der Waals surface area contributed by atoms with Gasteiger partial charge in [0.05, 0.1) is 14.2 Å². The van der Waals surface area contributed by atoms with Gasteiger partial charge in [-0.2, -0.15) is 0 Å². The molecule has 150 valence electrons. The number of ether oxygens (including phenoxy) is 2. The lowest BCUT2D eigenvalue weighted by molar-refractivity contribution is -0.134. The zero-order valence-electron chi connectivity index (χ0n) is 16.0. The largest absolute Gasteiger partial charge is 0.493 e. The number of carbonyl (C=O) groups is 2. The topological polar surface area (TPSA) is 123 Å². The molecule has 27 heavy (non-hydrogen) atoms. The van der Waals surface area contributed by atoms with Crippen LogP contribution in [0.2, 0.25) is 0 Å². The number of hydrogen-bond donors (Lipinski definition) is 4. The fourth-order valence-electron chi connectivity index (χ4n) is 3.48. The van der Waals surface area contributed by atoms with Crippen molar-refractivity contribution in [3.05, 3.63) is 23.8 Å². The van der Waals surface area contributed by atoms with Gasteiger partial charge in [-0.25, -0.2) is 0 Å². The van der Waals surface area contributed by atoms with E-state index >= 15 is 0 Å². The molecule has 1 aromatic rings. The number of hydrogen-bond acceptors (Lipinski definition) is 6. The molecule has 1 saturated carbocycles. The van der Waals surface area contributed by atoms with E-state index in [0.717, 1.165) is 25.7 Å². The highest BCUT2D eigenvalue weighted by Crippen LogP contribution is 2.31. The Kier molecular flexibility index (Phi) is 7.44. The fourth-order valence-corrected chi connectivity index (χ4v) is 3.48. The molecule has 0 aliphatic heterocycles. The Balaban J connectivity index is 1.91. The van der Waals surface area contributed by atoms with Crippen molar-refractivity contribution in [2.75, 3.05) is 14.2 Å². The first-order valence-electron chi connectivity index (χ1n) is 9.13. The van der Waals surface area contributed by atoms with Gasteiger partial charge in [0.1, 0.15) is 6.10 Å². The molecular weight excluding hydrogens is 350 g/mol. The first-order valence-corrected chi connectivity index (χ1v) is 9.13. The monoisotopic (exact) mass is 379 g/mol. The number of aliphatic hydroxyl groups is 1. The zero-order chi connectivity index (χ0) is 20.0. The average Bonchev–Trinajstić information content (AvgIpc) is 2.69. The van der Waals surface area contributed by atoms with E-state index < -0.39 is 17.9 Å². The number of aliphatic hydroxyl groups excluding tert-OH is 1. The van der Waals surface area contributed by atoms with Gasteiger partial charge in [0.25, 0.3) is 11.8 Å². The zero-order valence-corrected chi connectivity index (χ0v) is 16.0. The molecule has 0 aromatic heterocycles. The van der Waals surface area contributed by atoms with Crippen LogP contribution in [0, 0.1) is 11.8 Å². The number of methoxy groups -OCH3 is 2. The van der Waals surface area contributed by atoms with Crippen molar-refractivity contribution in [3.8, 4) is 11.5 Å². The van der Waals surface area contributed by atoms with Crippen molar-refractivity contribution in [3.63, 3.8) is 0 Å². The van der Waals surface area contributed by atoms with Crippen molar-refractivity contribution in [1.82, 2.24) is 10.9 Å². The number of hydrazine groups is 1. The average molecular weight is 379 g/mol. The fraction of sp³-hybridized carbons (Fsp3) is 0.579. The van der Waals surface area contributed by atoms with Gasteiger partial charge < -0.3 is 20.3 Å². The summed E-state index contributed by atoms with van der Waals surface area (Å²) in [6, 6.07) is 4.76. The number of benzene rings is 1. The molecule has 8 heteroatoms. The first-order chi connectivity index (χ1) is 12.9. The minimum absolute atomic E-state index is 0.117. The van der Waals surface area contributed by atoms with Gasteiger partial charge in [-0.1, -0.05) is 13.3 Å². The SMILES string of the molecule is COc1ccc(C(=O)NNC(=O)C(O)[C@H](C)C2CCCC(N)C2)cc1OC. The summed E-state index contributed by atoms with van der Waals surface area (Å²) in [5.74, 6) is -0.323. The Bertz CT molecular complexity index is 667. The summed E-state index contributed by atoms with van der Waals surface area (Å²) in [6.07, 6.45) is 2.50. The second-order valence-electron chi connectivity index (χ2n) is 7.00. The Labute approximate surface area is 159 Å². The van der Waals surface area contributed by atoms with Gasteiger partial charge in [-0.3, -0.25) is 20.4 Å². The maximum atomic E-state index is 12.2. The maximum Gasteiger partial charge on any atom is 0.269 e. The molecule has 0 radical (unpaired) electrons. The third-order valence-corrected chi connectivity index (χ3v) is 5.21. The molecular formula is C19H29N3O5. The quantitative estimate of drug-likeness (QED) is 0.547. The lowest BCUT2D eigenvalue weighted by atomic mass is 9.76. The molecule has 1 aliphatic rings. The molecule has 0 heterocycles. The summed E-state index contributed by atoms with van der Waals surface area (Å²) < 4.78 is 10.3. The van der Waals surface area contributed by atoms with Gasteiger partial charge in [-0.15, -0.1) is 0 Å². The first kappa shape index (κ1) is 21.0. The highest BCUT2D eigenvalue weighted by molar-refractivity contribution is 5.96. The van der Waals surface area contributed by atoms with Crippen LogP contribution in [0.3, 0.4) is 0 Å². The van der Waals surface area contributed by atoms with Crippen molar-refractivity contribution < 1.29 is 24.2 Å². The standard InChI is InChI=1S/C19H29N3O5/c1-11(12-5-4-6-14(20)9-12)17(23)19(25)22-21-18(24)13-7-8-15(26-2)16(10-13)27-3/h7-8,10-12,14,17,23H,4-6,9,20H2,1-3H3,(H,21,24)(H,22,25)/t11-,12?,14?,17?/m1/s1. The summed E-state index contributed by atoms with van der Waals surface area (Å²) in [6.45, 7) is 1.84. The Morgan fingerprint density at radius 2 is 1.89 bits per heavy atom. The van der Waals surface area contributed by atoms with Gasteiger partial charge in [-0.05, 0) is 49.3 Å². The van der Waals surface area contributed by atoms with E-state index in [9.17, 15) is 14.7 Å². The predicted octanol–water partition coefficient (Wildman–Crippen LogP) is 0.979. The van der Waals surface area contributed by atoms with Crippen molar-refractivity contribution >= 4 is 11.8 Å². The molecule has 5 N–H and O–H groups in total. The lowest BCUT2D eigenvalue weighted by Gasteiger charge is -2.33. The second kappa shape index (κ2) is 9.57. The Morgan fingerprint density at radius 3 is 2.52 bits per heavy atom. The van der Waals surface area contributed by atoms with E-state index in [1.54, 1.807) is 12.1 Å². The minimum Gasteiger partial charge on any atom is -0.493 e. The second-order valence-corrected chi connectivity index (χ2v) is 7.00. The summed E-state index contributed by atoms with van der Waals surface area (Å²) in [5.41, 5.74) is 10.9.